The summed E-state index contributed by atoms with van der Waals surface area (Å²) in [7, 11) is 1.34. The van der Waals surface area contributed by atoms with Crippen molar-refractivity contribution < 1.29 is 9.13 Å². The third-order valence-corrected chi connectivity index (χ3v) is 4.85. The van der Waals surface area contributed by atoms with Gasteiger partial charge in [0.05, 0.1) is 12.8 Å². The second kappa shape index (κ2) is 6.05. The number of nitrogens with two attached hydrogens (primary N) is 1. The molecule has 1 fully saturated rings. The number of ether oxygens (including phenoxy) is 1. The summed E-state index contributed by atoms with van der Waals surface area (Å²) in [6.07, 6.45) is 4.29. The van der Waals surface area contributed by atoms with Gasteiger partial charge in [-0.15, -0.1) is 0 Å². The van der Waals surface area contributed by atoms with Gasteiger partial charge in [-0.25, -0.2) is 14.4 Å². The van der Waals surface area contributed by atoms with Crippen molar-refractivity contribution in [3.05, 3.63) is 40.2 Å². The van der Waals surface area contributed by atoms with E-state index in [0.717, 1.165) is 24.6 Å². The van der Waals surface area contributed by atoms with Crippen LogP contribution in [0.2, 0.25) is 0 Å². The van der Waals surface area contributed by atoms with Gasteiger partial charge in [-0.2, -0.15) is 4.98 Å². The number of nitrogen functional groups attached to an aromatic ring is 1. The minimum atomic E-state index is -0.620. The first-order valence-corrected chi connectivity index (χ1v) is 8.39. The summed E-state index contributed by atoms with van der Waals surface area (Å²) >= 11 is 0. The fourth-order valence-corrected chi connectivity index (χ4v) is 3.29. The highest BCUT2D eigenvalue weighted by atomic mass is 19.1. The highest BCUT2D eigenvalue weighted by Gasteiger charge is 2.26. The Kier molecular flexibility index (Phi) is 3.82. The van der Waals surface area contributed by atoms with Crippen molar-refractivity contribution in [1.82, 2.24) is 19.5 Å². The van der Waals surface area contributed by atoms with Crippen LogP contribution in [0.1, 0.15) is 31.0 Å². The smallest absolute Gasteiger partial charge is 0.260 e. The van der Waals surface area contributed by atoms with Crippen LogP contribution in [0.15, 0.2) is 23.1 Å². The Labute approximate surface area is 148 Å². The molecule has 0 amide bonds. The van der Waals surface area contributed by atoms with E-state index in [9.17, 15) is 9.18 Å². The summed E-state index contributed by atoms with van der Waals surface area (Å²) in [5, 5.41) is 0.719. The molecule has 3 heterocycles. The number of methoxy groups -OCH3 is 1. The van der Waals surface area contributed by atoms with Crippen LogP contribution in [0, 0.1) is 12.7 Å². The number of aryl methyl sites for hydroxylation is 1. The molecule has 7 nitrogen and oxygen atoms in total. The van der Waals surface area contributed by atoms with Gasteiger partial charge < -0.3 is 10.5 Å². The van der Waals surface area contributed by atoms with E-state index >= 15 is 0 Å². The zero-order chi connectivity index (χ0) is 18.4. The number of aromatic nitrogens is 4. The predicted molar refractivity (Wildman–Crippen MR) is 95.6 cm³/mol. The van der Waals surface area contributed by atoms with Crippen LogP contribution in [0.4, 0.5) is 10.3 Å². The van der Waals surface area contributed by atoms with Crippen molar-refractivity contribution in [2.24, 2.45) is 0 Å². The molecule has 1 saturated carbocycles. The standard InChI is InChI=1S/C18H18FN5O2/c1-9-12-7-13(10-6-14(19)16(26-2)21-8-10)17(25)24(11-4-3-5-11)15(12)23-18(20)22-9/h6-8,11H,3-5H2,1-2H3,(H2,20,22,23). The maximum Gasteiger partial charge on any atom is 0.260 e. The van der Waals surface area contributed by atoms with Crippen molar-refractivity contribution in [3.8, 4) is 17.0 Å². The van der Waals surface area contributed by atoms with Crippen LogP contribution in [-0.2, 0) is 0 Å². The van der Waals surface area contributed by atoms with Crippen LogP contribution in [0.5, 0.6) is 5.88 Å². The first kappa shape index (κ1) is 16.4. The summed E-state index contributed by atoms with van der Waals surface area (Å²) in [4.78, 5) is 25.6. The number of nitrogens with zero attached hydrogens (tertiary/aromatic N) is 4. The normalized spacial score (nSPS) is 14.4. The van der Waals surface area contributed by atoms with Gasteiger partial charge in [-0.1, -0.05) is 0 Å². The van der Waals surface area contributed by atoms with Crippen LogP contribution in [0.3, 0.4) is 0 Å². The molecule has 134 valence electrons. The zero-order valence-electron chi connectivity index (χ0n) is 14.5. The van der Waals surface area contributed by atoms with Gasteiger partial charge in [0.1, 0.15) is 5.65 Å². The van der Waals surface area contributed by atoms with Gasteiger partial charge >= 0.3 is 0 Å². The number of rotatable bonds is 3. The summed E-state index contributed by atoms with van der Waals surface area (Å²) < 4.78 is 20.6. The number of fused-ring (bicyclic) bond motifs is 1. The molecule has 4 rings (SSSR count). The number of anilines is 1. The van der Waals surface area contributed by atoms with Gasteiger partial charge in [0.15, 0.2) is 5.82 Å². The van der Waals surface area contributed by atoms with E-state index in [2.05, 4.69) is 15.0 Å². The Morgan fingerprint density at radius 2 is 2.08 bits per heavy atom. The lowest BCUT2D eigenvalue weighted by atomic mass is 9.92. The van der Waals surface area contributed by atoms with E-state index < -0.39 is 5.82 Å². The molecule has 0 saturated heterocycles. The molecule has 0 bridgehead atoms. The molecule has 1 aliphatic rings. The number of pyridine rings is 2. The Bertz CT molecular complexity index is 1080. The summed E-state index contributed by atoms with van der Waals surface area (Å²) in [6, 6.07) is 3.01. The molecule has 26 heavy (non-hydrogen) atoms. The lowest BCUT2D eigenvalue weighted by Gasteiger charge is -2.29. The third kappa shape index (κ3) is 2.49. The average Bonchev–Trinajstić information content (AvgIpc) is 2.55. The van der Waals surface area contributed by atoms with Gasteiger partial charge in [0.25, 0.3) is 5.56 Å². The van der Waals surface area contributed by atoms with E-state index in [1.807, 2.05) is 6.92 Å². The van der Waals surface area contributed by atoms with Crippen molar-refractivity contribution in [1.29, 1.82) is 0 Å². The molecule has 3 aromatic rings. The molecular weight excluding hydrogens is 337 g/mol. The van der Waals surface area contributed by atoms with Crippen molar-refractivity contribution in [2.45, 2.75) is 32.2 Å². The largest absolute Gasteiger partial charge is 0.479 e. The summed E-state index contributed by atoms with van der Waals surface area (Å²) in [5.41, 5.74) is 7.50. The van der Waals surface area contributed by atoms with Crippen molar-refractivity contribution in [3.63, 3.8) is 0 Å². The Hall–Kier alpha value is -3.03. The minimum Gasteiger partial charge on any atom is -0.479 e. The molecule has 0 atom stereocenters. The van der Waals surface area contributed by atoms with Crippen LogP contribution < -0.4 is 16.0 Å². The molecule has 8 heteroatoms. The van der Waals surface area contributed by atoms with Gasteiger partial charge in [0, 0.05) is 28.8 Å². The van der Waals surface area contributed by atoms with E-state index in [4.69, 9.17) is 10.5 Å². The lowest BCUT2D eigenvalue weighted by Crippen LogP contribution is -2.31. The van der Waals surface area contributed by atoms with Gasteiger partial charge in [-0.3, -0.25) is 9.36 Å². The second-order valence-corrected chi connectivity index (χ2v) is 6.44. The SMILES string of the molecule is COc1ncc(-c2cc3c(C)nc(N)nc3n(C3CCC3)c2=O)cc1F. The highest BCUT2D eigenvalue weighted by Crippen LogP contribution is 2.34. The molecular formula is C18H18FN5O2. The topological polar surface area (TPSA) is 95.9 Å². The van der Waals surface area contributed by atoms with E-state index in [1.54, 1.807) is 10.6 Å². The molecule has 0 radical (unpaired) electrons. The minimum absolute atomic E-state index is 0.0645. The Morgan fingerprint density at radius 3 is 2.69 bits per heavy atom. The van der Waals surface area contributed by atoms with Crippen LogP contribution in [0.25, 0.3) is 22.2 Å². The molecule has 1 aliphatic carbocycles. The fourth-order valence-electron chi connectivity index (χ4n) is 3.29. The molecule has 0 aliphatic heterocycles. The van der Waals surface area contributed by atoms with E-state index in [0.29, 0.717) is 22.5 Å². The molecule has 0 spiro atoms. The quantitative estimate of drug-likeness (QED) is 0.776. The lowest BCUT2D eigenvalue weighted by molar-refractivity contribution is 0.313. The van der Waals surface area contributed by atoms with Crippen LogP contribution >= 0.6 is 0 Å². The molecule has 0 aromatic carbocycles. The maximum absolute atomic E-state index is 14.1. The summed E-state index contributed by atoms with van der Waals surface area (Å²) in [6.45, 7) is 1.81. The van der Waals surface area contributed by atoms with Gasteiger partial charge in [-0.05, 0) is 38.3 Å². The highest BCUT2D eigenvalue weighted by molar-refractivity contribution is 5.84. The monoisotopic (exact) mass is 355 g/mol. The maximum atomic E-state index is 14.1. The third-order valence-electron chi connectivity index (χ3n) is 4.85. The number of halogens is 1. The van der Waals surface area contributed by atoms with Crippen molar-refractivity contribution in [2.75, 3.05) is 12.8 Å². The number of hydrogen-bond acceptors (Lipinski definition) is 6. The number of hydrogen-bond donors (Lipinski definition) is 1. The Balaban J connectivity index is 2.03. The predicted octanol–water partition coefficient (Wildman–Crippen LogP) is 2.62. The van der Waals surface area contributed by atoms with E-state index in [1.165, 1.54) is 19.4 Å². The average molecular weight is 355 g/mol. The molecule has 0 unspecified atom stereocenters. The fraction of sp³-hybridized carbons (Fsp3) is 0.333. The second-order valence-electron chi connectivity index (χ2n) is 6.44. The molecule has 3 aromatic heterocycles. The van der Waals surface area contributed by atoms with Crippen LogP contribution in [-0.4, -0.2) is 26.6 Å². The zero-order valence-corrected chi connectivity index (χ0v) is 14.5. The van der Waals surface area contributed by atoms with Gasteiger partial charge in [0.2, 0.25) is 11.8 Å². The van der Waals surface area contributed by atoms with Crippen molar-refractivity contribution >= 4 is 17.0 Å². The van der Waals surface area contributed by atoms with E-state index in [-0.39, 0.29) is 23.4 Å². The first-order valence-electron chi connectivity index (χ1n) is 8.39. The molecule has 2 N–H and O–H groups in total. The first-order chi connectivity index (χ1) is 12.5. The summed E-state index contributed by atoms with van der Waals surface area (Å²) in [5.74, 6) is -0.599. The Morgan fingerprint density at radius 1 is 1.31 bits per heavy atom.